The molecule has 1 heterocycles. The average Bonchev–Trinajstić information content (AvgIpc) is 2.02. The molecule has 0 aliphatic heterocycles. The van der Waals surface area contributed by atoms with Gasteiger partial charge in [0.25, 0.3) is 0 Å². The van der Waals surface area contributed by atoms with Crippen LogP contribution in [0.5, 0.6) is 0 Å². The maximum absolute atomic E-state index is 5.65. The van der Waals surface area contributed by atoms with Crippen LogP contribution >= 0.6 is 21.6 Å². The molecule has 0 amide bonds. The highest BCUT2D eigenvalue weighted by Crippen LogP contribution is 2.32. The summed E-state index contributed by atoms with van der Waals surface area (Å²) in [6.45, 7) is 0. The van der Waals surface area contributed by atoms with Gasteiger partial charge in [-0.2, -0.15) is 10.0 Å². The summed E-state index contributed by atoms with van der Waals surface area (Å²) in [5.74, 6) is 3.08. The Morgan fingerprint density at radius 2 is 2.00 bits per heavy atom. The zero-order chi connectivity index (χ0) is 9.90. The fourth-order valence-corrected chi connectivity index (χ4v) is 1.20. The highest BCUT2D eigenvalue weighted by Gasteiger charge is 1.96. The zero-order valence-corrected chi connectivity index (χ0v) is 9.54. The minimum Gasteiger partial charge on any atom is -0.243 e. The van der Waals surface area contributed by atoms with Crippen molar-refractivity contribution in [3.8, 4) is 11.2 Å². The van der Waals surface area contributed by atoms with E-state index in [0.29, 0.717) is 5.15 Å². The number of aromatic nitrogens is 1. The third-order valence-corrected chi connectivity index (χ3v) is 2.17. The predicted molar refractivity (Wildman–Crippen MR) is 61.5 cm³/mol. The highest BCUT2D eigenvalue weighted by molar-refractivity contribution is 8.35. The van der Waals surface area contributed by atoms with Gasteiger partial charge in [0.05, 0.1) is 0 Å². The number of hydrogen-bond acceptors (Lipinski definition) is 1. The molecule has 0 saturated heterocycles. The highest BCUT2D eigenvalue weighted by atomic mass is 35.5. The topological polar surface area (TPSA) is 12.9 Å². The molecule has 0 N–H and O–H groups in total. The number of nitrogens with zero attached hydrogens (tertiary/aromatic N) is 1. The molecule has 70 valence electrons. The van der Waals surface area contributed by atoms with Crippen LogP contribution in [0.4, 0.5) is 0 Å². The molecule has 0 spiro atoms. The largest absolute Gasteiger partial charge is 0.243 e. The van der Waals surface area contributed by atoms with Crippen LogP contribution < -0.4 is 0 Å². The number of hydrogen-bond donors (Lipinski definition) is 0. The summed E-state index contributed by atoms with van der Waals surface area (Å²) >= 11 is 5.65. The van der Waals surface area contributed by atoms with Gasteiger partial charge >= 0.3 is 0 Å². The Bertz CT molecular complexity index is 340. The molecule has 0 aliphatic rings. The van der Waals surface area contributed by atoms with E-state index in [-0.39, 0.29) is 0 Å². The number of halogens is 1. The lowest BCUT2D eigenvalue weighted by Crippen LogP contribution is -1.85. The van der Waals surface area contributed by atoms with Crippen molar-refractivity contribution in [2.75, 3.05) is 18.8 Å². The molecule has 0 unspecified atom stereocenters. The molecular weight excluding hydrogens is 202 g/mol. The van der Waals surface area contributed by atoms with Crippen molar-refractivity contribution in [3.05, 3.63) is 29.0 Å². The smallest absolute Gasteiger partial charge is 0.129 e. The fourth-order valence-electron chi connectivity index (χ4n) is 0.662. The molecule has 0 saturated carbocycles. The normalized spacial score (nSPS) is 11.7. The van der Waals surface area contributed by atoms with Gasteiger partial charge in [-0.15, -0.1) is 0 Å². The molecular formula is C10H12ClNS. The Morgan fingerprint density at radius 3 is 2.46 bits per heavy atom. The van der Waals surface area contributed by atoms with E-state index >= 15 is 0 Å². The summed E-state index contributed by atoms with van der Waals surface area (Å²) < 4.78 is 0. The van der Waals surface area contributed by atoms with Crippen molar-refractivity contribution >= 4 is 21.6 Å². The van der Waals surface area contributed by atoms with Crippen LogP contribution in [0.1, 0.15) is 5.56 Å². The summed E-state index contributed by atoms with van der Waals surface area (Å²) in [5, 5.41) is 3.72. The van der Waals surface area contributed by atoms with E-state index in [0.717, 1.165) is 5.56 Å². The van der Waals surface area contributed by atoms with Crippen molar-refractivity contribution in [3.63, 3.8) is 0 Å². The standard InChI is InChI=1S/C10H12ClNS/c1-13(2,3)7-6-9-4-5-10(11)12-8-9/h4-5,8H,1-3H3. The monoisotopic (exact) mass is 213 g/mol. The van der Waals surface area contributed by atoms with Crippen molar-refractivity contribution in [1.82, 2.24) is 4.98 Å². The van der Waals surface area contributed by atoms with E-state index in [1.165, 1.54) is 0 Å². The Balaban J connectivity index is 2.85. The van der Waals surface area contributed by atoms with Crippen molar-refractivity contribution in [2.24, 2.45) is 0 Å². The second-order valence-electron chi connectivity index (χ2n) is 3.43. The quantitative estimate of drug-likeness (QED) is 0.477. The van der Waals surface area contributed by atoms with Gasteiger partial charge in [-0.05, 0) is 36.2 Å². The van der Waals surface area contributed by atoms with Gasteiger partial charge in [0.2, 0.25) is 0 Å². The lowest BCUT2D eigenvalue weighted by atomic mass is 10.3. The molecule has 1 nitrogen and oxygen atoms in total. The summed E-state index contributed by atoms with van der Waals surface area (Å²) in [5.41, 5.74) is 0.923. The summed E-state index contributed by atoms with van der Waals surface area (Å²) in [6, 6.07) is 3.64. The SMILES string of the molecule is CS(C)(C)C#Cc1ccc(Cl)nc1. The Morgan fingerprint density at radius 1 is 1.31 bits per heavy atom. The lowest BCUT2D eigenvalue weighted by molar-refractivity contribution is 1.31. The van der Waals surface area contributed by atoms with Crippen LogP contribution in [0.3, 0.4) is 0 Å². The predicted octanol–water partition coefficient (Wildman–Crippen LogP) is 2.74. The lowest BCUT2D eigenvalue weighted by Gasteiger charge is -2.14. The Kier molecular flexibility index (Phi) is 3.24. The second-order valence-corrected chi connectivity index (χ2v) is 7.70. The second kappa shape index (κ2) is 4.04. The zero-order valence-electron chi connectivity index (χ0n) is 7.97. The van der Waals surface area contributed by atoms with Crippen LogP contribution in [0.15, 0.2) is 18.3 Å². The first-order chi connectivity index (χ1) is 5.97. The Labute approximate surface area is 85.8 Å². The van der Waals surface area contributed by atoms with E-state index in [4.69, 9.17) is 11.6 Å². The van der Waals surface area contributed by atoms with Crippen molar-refractivity contribution in [2.45, 2.75) is 0 Å². The molecule has 1 rings (SSSR count). The average molecular weight is 214 g/mol. The van der Waals surface area contributed by atoms with Gasteiger partial charge in [0, 0.05) is 11.8 Å². The minimum atomic E-state index is -0.754. The molecule has 0 bridgehead atoms. The first-order valence-electron chi connectivity index (χ1n) is 3.80. The third-order valence-electron chi connectivity index (χ3n) is 1.23. The molecule has 0 fully saturated rings. The van der Waals surface area contributed by atoms with Crippen LogP contribution in [-0.2, 0) is 0 Å². The minimum absolute atomic E-state index is 0.508. The van der Waals surface area contributed by atoms with Crippen molar-refractivity contribution in [1.29, 1.82) is 0 Å². The molecule has 0 radical (unpaired) electrons. The van der Waals surface area contributed by atoms with E-state index in [9.17, 15) is 0 Å². The molecule has 0 atom stereocenters. The van der Waals surface area contributed by atoms with Crippen LogP contribution in [0.2, 0.25) is 5.15 Å². The van der Waals surface area contributed by atoms with E-state index in [2.05, 4.69) is 34.9 Å². The molecule has 1 aromatic rings. The Hall–Kier alpha value is -0.650. The fraction of sp³-hybridized carbons (Fsp3) is 0.300. The van der Waals surface area contributed by atoms with Crippen molar-refractivity contribution < 1.29 is 0 Å². The summed E-state index contributed by atoms with van der Waals surface area (Å²) in [4.78, 5) is 3.95. The molecule has 0 aliphatic carbocycles. The van der Waals surface area contributed by atoms with E-state index in [1.54, 1.807) is 12.3 Å². The third kappa shape index (κ3) is 4.21. The maximum atomic E-state index is 5.65. The molecule has 13 heavy (non-hydrogen) atoms. The molecule has 3 heteroatoms. The van der Waals surface area contributed by atoms with Crippen LogP contribution in [0.25, 0.3) is 0 Å². The number of pyridine rings is 1. The van der Waals surface area contributed by atoms with Gasteiger partial charge in [0.15, 0.2) is 0 Å². The van der Waals surface area contributed by atoms with Gasteiger partial charge < -0.3 is 0 Å². The molecule has 0 aromatic carbocycles. The molecule has 1 aromatic heterocycles. The maximum Gasteiger partial charge on any atom is 0.129 e. The van der Waals surface area contributed by atoms with Gasteiger partial charge in [-0.1, -0.05) is 17.5 Å². The van der Waals surface area contributed by atoms with Gasteiger partial charge in [0.1, 0.15) is 5.15 Å². The summed E-state index contributed by atoms with van der Waals surface area (Å²) in [7, 11) is -0.754. The first-order valence-corrected chi connectivity index (χ1v) is 7.03. The van der Waals surface area contributed by atoms with E-state index < -0.39 is 10.0 Å². The van der Waals surface area contributed by atoms with Crippen LogP contribution in [0, 0.1) is 11.2 Å². The first kappa shape index (κ1) is 10.4. The van der Waals surface area contributed by atoms with E-state index in [1.807, 2.05) is 6.07 Å². The van der Waals surface area contributed by atoms with Gasteiger partial charge in [-0.3, -0.25) is 0 Å². The number of rotatable bonds is 0. The summed E-state index contributed by atoms with van der Waals surface area (Å²) in [6.07, 6.45) is 8.16. The van der Waals surface area contributed by atoms with Gasteiger partial charge in [-0.25, -0.2) is 4.98 Å². The van der Waals surface area contributed by atoms with Crippen LogP contribution in [-0.4, -0.2) is 23.8 Å².